The quantitative estimate of drug-likeness (QED) is 0.555. The van der Waals surface area contributed by atoms with Crippen LogP contribution in [0.5, 0.6) is 0 Å². The molecule has 1 heteroatoms. The Morgan fingerprint density at radius 3 is 2.73 bits per heavy atom. The fourth-order valence-electron chi connectivity index (χ4n) is 0.994. The molecule has 0 unspecified atom stereocenters. The van der Waals surface area contributed by atoms with E-state index < -0.39 is 0 Å². The Bertz CT molecular complexity index is 307. The molecule has 0 amide bonds. The average Bonchev–Trinajstić information content (AvgIpc) is 1.99. The van der Waals surface area contributed by atoms with Gasteiger partial charge in [0.15, 0.2) is 0 Å². The summed E-state index contributed by atoms with van der Waals surface area (Å²) in [5.41, 5.74) is 3.31. The molecule has 0 saturated carbocycles. The largest absolute Gasteiger partial charge is 0.233 e. The summed E-state index contributed by atoms with van der Waals surface area (Å²) in [4.78, 5) is 10.1. The first kappa shape index (κ1) is 7.77. The van der Waals surface area contributed by atoms with Crippen molar-refractivity contribution in [1.29, 1.82) is 0 Å². The Hall–Kier alpha value is -1.33. The molecule has 0 heterocycles. The monoisotopic (exact) mass is 146 g/mol. The normalized spacial score (nSPS) is 8.91. The average molecular weight is 146 g/mol. The van der Waals surface area contributed by atoms with Crippen molar-refractivity contribution in [3.63, 3.8) is 0 Å². The standard InChI is InChI=1S/C10H10O/c1-8-4-3-5-10(6-7-11)9(8)2/h3-6H,1-2H3. The molecule has 0 N–H and O–H groups in total. The van der Waals surface area contributed by atoms with E-state index in [2.05, 4.69) is 0 Å². The molecule has 56 valence electrons. The Kier molecular flexibility index (Phi) is 2.25. The van der Waals surface area contributed by atoms with Gasteiger partial charge in [-0.05, 0) is 30.5 Å². The van der Waals surface area contributed by atoms with E-state index in [9.17, 15) is 4.79 Å². The summed E-state index contributed by atoms with van der Waals surface area (Å²) < 4.78 is 0. The fraction of sp³-hybridized carbons (Fsp3) is 0.200. The van der Waals surface area contributed by atoms with Gasteiger partial charge >= 0.3 is 0 Å². The molecule has 0 saturated heterocycles. The molecular weight excluding hydrogens is 136 g/mol. The zero-order chi connectivity index (χ0) is 8.27. The summed E-state index contributed by atoms with van der Waals surface area (Å²) in [5.74, 6) is 1.78. The zero-order valence-corrected chi connectivity index (χ0v) is 6.72. The highest BCUT2D eigenvalue weighted by molar-refractivity contribution is 5.76. The van der Waals surface area contributed by atoms with Gasteiger partial charge in [0, 0.05) is 6.08 Å². The van der Waals surface area contributed by atoms with Gasteiger partial charge in [-0.25, -0.2) is 4.79 Å². The van der Waals surface area contributed by atoms with Gasteiger partial charge in [0.05, 0.1) is 0 Å². The number of hydrogen-bond donors (Lipinski definition) is 0. The minimum absolute atomic E-state index is 0.958. The maximum absolute atomic E-state index is 10.1. The van der Waals surface area contributed by atoms with E-state index >= 15 is 0 Å². The highest BCUT2D eigenvalue weighted by atomic mass is 16.1. The van der Waals surface area contributed by atoms with Gasteiger partial charge in [-0.15, -0.1) is 0 Å². The summed E-state index contributed by atoms with van der Waals surface area (Å²) in [6, 6.07) is 5.87. The van der Waals surface area contributed by atoms with Crippen molar-refractivity contribution in [3.8, 4) is 0 Å². The van der Waals surface area contributed by atoms with Crippen LogP contribution in [0.2, 0.25) is 0 Å². The second-order valence-electron chi connectivity index (χ2n) is 2.55. The topological polar surface area (TPSA) is 17.1 Å². The number of benzene rings is 1. The summed E-state index contributed by atoms with van der Waals surface area (Å²) >= 11 is 0. The van der Waals surface area contributed by atoms with Gasteiger partial charge in [0.1, 0.15) is 5.94 Å². The predicted molar refractivity (Wildman–Crippen MR) is 46.1 cm³/mol. The van der Waals surface area contributed by atoms with Crippen molar-refractivity contribution in [2.75, 3.05) is 0 Å². The first-order chi connectivity index (χ1) is 5.25. The molecule has 0 bridgehead atoms. The highest BCUT2D eigenvalue weighted by Gasteiger charge is 1.95. The minimum Gasteiger partial charge on any atom is -0.233 e. The molecule has 0 aromatic heterocycles. The third-order valence-electron chi connectivity index (χ3n) is 1.86. The fourth-order valence-corrected chi connectivity index (χ4v) is 0.994. The number of carbonyl (C=O) groups excluding carboxylic acids is 1. The van der Waals surface area contributed by atoms with Crippen LogP contribution in [0.15, 0.2) is 18.2 Å². The van der Waals surface area contributed by atoms with Crippen LogP contribution in [0.3, 0.4) is 0 Å². The lowest BCUT2D eigenvalue weighted by atomic mass is 10.0. The molecule has 11 heavy (non-hydrogen) atoms. The molecule has 0 radical (unpaired) electrons. The maximum Gasteiger partial charge on any atom is 0.125 e. The lowest BCUT2D eigenvalue weighted by Gasteiger charge is -2.01. The molecule has 0 aliphatic carbocycles. The van der Waals surface area contributed by atoms with Crippen LogP contribution in [-0.4, -0.2) is 5.94 Å². The van der Waals surface area contributed by atoms with Crippen molar-refractivity contribution in [2.45, 2.75) is 13.8 Å². The van der Waals surface area contributed by atoms with Crippen LogP contribution in [0.25, 0.3) is 6.08 Å². The van der Waals surface area contributed by atoms with E-state index in [4.69, 9.17) is 0 Å². The van der Waals surface area contributed by atoms with Gasteiger partial charge in [-0.2, -0.15) is 0 Å². The highest BCUT2D eigenvalue weighted by Crippen LogP contribution is 2.12. The van der Waals surface area contributed by atoms with Gasteiger partial charge < -0.3 is 0 Å². The van der Waals surface area contributed by atoms with Crippen molar-refractivity contribution in [3.05, 3.63) is 34.9 Å². The second kappa shape index (κ2) is 3.18. The molecule has 1 nitrogen and oxygen atoms in total. The van der Waals surface area contributed by atoms with Crippen LogP contribution in [0, 0.1) is 13.8 Å². The lowest BCUT2D eigenvalue weighted by Crippen LogP contribution is -1.84. The number of rotatable bonds is 1. The van der Waals surface area contributed by atoms with Gasteiger partial charge in [0.2, 0.25) is 0 Å². The molecule has 1 rings (SSSR count). The van der Waals surface area contributed by atoms with Crippen molar-refractivity contribution >= 4 is 12.0 Å². The SMILES string of the molecule is Cc1cccc(C=C=O)c1C. The molecule has 1 aromatic rings. The van der Waals surface area contributed by atoms with E-state index in [1.807, 2.05) is 32.0 Å². The lowest BCUT2D eigenvalue weighted by molar-refractivity contribution is 0.570. The number of hydrogen-bond acceptors (Lipinski definition) is 1. The predicted octanol–water partition coefficient (Wildman–Crippen LogP) is 2.15. The Morgan fingerprint density at radius 2 is 2.09 bits per heavy atom. The third-order valence-corrected chi connectivity index (χ3v) is 1.86. The first-order valence-corrected chi connectivity index (χ1v) is 3.53. The Labute approximate surface area is 66.4 Å². The summed E-state index contributed by atoms with van der Waals surface area (Å²) in [6.07, 6.45) is 1.46. The van der Waals surface area contributed by atoms with Crippen molar-refractivity contribution in [2.24, 2.45) is 0 Å². The zero-order valence-electron chi connectivity index (χ0n) is 6.72. The van der Waals surface area contributed by atoms with Crippen LogP contribution in [-0.2, 0) is 4.79 Å². The van der Waals surface area contributed by atoms with E-state index in [1.54, 1.807) is 5.94 Å². The second-order valence-corrected chi connectivity index (χ2v) is 2.55. The molecule has 0 fully saturated rings. The Balaban J connectivity index is 3.26. The van der Waals surface area contributed by atoms with E-state index in [0.717, 1.165) is 11.1 Å². The van der Waals surface area contributed by atoms with Crippen LogP contribution < -0.4 is 0 Å². The summed E-state index contributed by atoms with van der Waals surface area (Å²) in [7, 11) is 0. The summed E-state index contributed by atoms with van der Waals surface area (Å²) in [6.45, 7) is 4.02. The smallest absolute Gasteiger partial charge is 0.125 e. The van der Waals surface area contributed by atoms with E-state index in [0.29, 0.717) is 0 Å². The molecule has 0 spiro atoms. The van der Waals surface area contributed by atoms with Gasteiger partial charge in [-0.1, -0.05) is 18.2 Å². The Morgan fingerprint density at radius 1 is 1.36 bits per heavy atom. The van der Waals surface area contributed by atoms with Crippen LogP contribution in [0.1, 0.15) is 16.7 Å². The van der Waals surface area contributed by atoms with Crippen molar-refractivity contribution in [1.82, 2.24) is 0 Å². The first-order valence-electron chi connectivity index (χ1n) is 3.53. The van der Waals surface area contributed by atoms with Crippen LogP contribution >= 0.6 is 0 Å². The van der Waals surface area contributed by atoms with E-state index in [-0.39, 0.29) is 0 Å². The van der Waals surface area contributed by atoms with E-state index in [1.165, 1.54) is 11.6 Å². The third kappa shape index (κ3) is 1.57. The van der Waals surface area contributed by atoms with Crippen molar-refractivity contribution < 1.29 is 4.79 Å². The maximum atomic E-state index is 10.1. The summed E-state index contributed by atoms with van der Waals surface area (Å²) in [5, 5.41) is 0. The molecular formula is C10H10O. The molecule has 0 atom stereocenters. The molecule has 0 aliphatic heterocycles. The minimum atomic E-state index is 0.958. The number of aryl methyl sites for hydroxylation is 1. The molecule has 0 aliphatic rings. The van der Waals surface area contributed by atoms with Gasteiger partial charge in [0.25, 0.3) is 0 Å². The van der Waals surface area contributed by atoms with Crippen LogP contribution in [0.4, 0.5) is 0 Å². The van der Waals surface area contributed by atoms with Gasteiger partial charge in [-0.3, -0.25) is 0 Å². The molecule has 1 aromatic carbocycles.